The zero-order valence-electron chi connectivity index (χ0n) is 13.4. The van der Waals surface area contributed by atoms with E-state index < -0.39 is 12.0 Å². The van der Waals surface area contributed by atoms with Gasteiger partial charge in [0.15, 0.2) is 5.78 Å². The third-order valence-corrected chi connectivity index (χ3v) is 3.99. The van der Waals surface area contributed by atoms with Gasteiger partial charge in [0.2, 0.25) is 0 Å². The number of imidazole rings is 1. The Kier molecular flexibility index (Phi) is 4.60. The van der Waals surface area contributed by atoms with Crippen molar-refractivity contribution < 1.29 is 14.7 Å². The first-order chi connectivity index (χ1) is 12.0. The largest absolute Gasteiger partial charge is 0.478 e. The number of aromatic nitrogens is 2. The molecule has 25 heavy (non-hydrogen) atoms. The van der Waals surface area contributed by atoms with Gasteiger partial charge in [0.05, 0.1) is 17.3 Å². The van der Waals surface area contributed by atoms with Crippen LogP contribution in [-0.2, 0) is 4.79 Å². The molecule has 0 bridgehead atoms. The SMILES string of the molecule is NCCC(=O)C(N)c1cccn2cc(-c3cccc(C(=O)O)c3)nc12. The summed E-state index contributed by atoms with van der Waals surface area (Å²) >= 11 is 0. The predicted octanol–water partition coefficient (Wildman–Crippen LogP) is 1.62. The van der Waals surface area contributed by atoms with Gasteiger partial charge < -0.3 is 21.0 Å². The van der Waals surface area contributed by atoms with Crippen molar-refractivity contribution >= 4 is 17.4 Å². The highest BCUT2D eigenvalue weighted by atomic mass is 16.4. The lowest BCUT2D eigenvalue weighted by Crippen LogP contribution is -2.24. The summed E-state index contributed by atoms with van der Waals surface area (Å²) in [5, 5.41) is 9.13. The molecule has 0 aliphatic heterocycles. The molecule has 0 saturated heterocycles. The van der Waals surface area contributed by atoms with Crippen LogP contribution in [0, 0.1) is 0 Å². The van der Waals surface area contributed by atoms with Crippen LogP contribution >= 0.6 is 0 Å². The van der Waals surface area contributed by atoms with Gasteiger partial charge in [-0.1, -0.05) is 18.2 Å². The van der Waals surface area contributed by atoms with Gasteiger partial charge in [0.1, 0.15) is 5.65 Å². The van der Waals surface area contributed by atoms with Crippen LogP contribution in [-0.4, -0.2) is 32.8 Å². The second kappa shape index (κ2) is 6.84. The molecule has 0 amide bonds. The van der Waals surface area contributed by atoms with Crippen LogP contribution < -0.4 is 11.5 Å². The minimum atomic E-state index is -0.999. The zero-order chi connectivity index (χ0) is 18.0. The fraction of sp³-hybridized carbons (Fsp3) is 0.167. The molecule has 1 unspecified atom stereocenters. The van der Waals surface area contributed by atoms with Gasteiger partial charge in [-0.25, -0.2) is 9.78 Å². The van der Waals surface area contributed by atoms with Gasteiger partial charge in [-0.2, -0.15) is 0 Å². The monoisotopic (exact) mass is 338 g/mol. The van der Waals surface area contributed by atoms with Crippen molar-refractivity contribution in [2.45, 2.75) is 12.5 Å². The second-order valence-corrected chi connectivity index (χ2v) is 5.69. The summed E-state index contributed by atoms with van der Waals surface area (Å²) in [5.74, 6) is -1.14. The maximum Gasteiger partial charge on any atom is 0.335 e. The highest BCUT2D eigenvalue weighted by Gasteiger charge is 2.19. The van der Waals surface area contributed by atoms with Crippen molar-refractivity contribution in [3.05, 3.63) is 59.9 Å². The Morgan fingerprint density at radius 2 is 2.04 bits per heavy atom. The Hall–Kier alpha value is -3.03. The molecule has 0 fully saturated rings. The molecule has 3 rings (SSSR count). The van der Waals surface area contributed by atoms with E-state index in [1.165, 1.54) is 6.07 Å². The van der Waals surface area contributed by atoms with Gasteiger partial charge in [-0.3, -0.25) is 4.79 Å². The summed E-state index contributed by atoms with van der Waals surface area (Å²) in [6, 6.07) is 9.29. The maximum absolute atomic E-state index is 12.1. The first-order valence-electron chi connectivity index (χ1n) is 7.81. The quantitative estimate of drug-likeness (QED) is 0.627. The number of carboxylic acids is 1. The molecule has 2 heterocycles. The van der Waals surface area contributed by atoms with Crippen molar-refractivity contribution in [3.63, 3.8) is 0 Å². The molecule has 3 aromatic rings. The molecular formula is C18H18N4O3. The fourth-order valence-corrected chi connectivity index (χ4v) is 2.70. The van der Waals surface area contributed by atoms with Crippen LogP contribution in [0.2, 0.25) is 0 Å². The summed E-state index contributed by atoms with van der Waals surface area (Å²) in [4.78, 5) is 27.8. The lowest BCUT2D eigenvalue weighted by atomic mass is 10.0. The summed E-state index contributed by atoms with van der Waals surface area (Å²) in [5.41, 5.74) is 14.1. The van der Waals surface area contributed by atoms with Crippen LogP contribution in [0.15, 0.2) is 48.8 Å². The molecule has 1 aromatic carbocycles. The smallest absolute Gasteiger partial charge is 0.335 e. The standard InChI is InChI=1S/C18H18N4O3/c19-7-6-15(23)16(20)13-5-2-8-22-10-14(21-17(13)22)11-3-1-4-12(9-11)18(24)25/h1-5,8-10,16H,6-7,19-20H2,(H,24,25). The number of carbonyl (C=O) groups excluding carboxylic acids is 1. The molecule has 128 valence electrons. The van der Waals surface area contributed by atoms with Gasteiger partial charge in [0.25, 0.3) is 0 Å². The van der Waals surface area contributed by atoms with Crippen LogP contribution in [0.5, 0.6) is 0 Å². The van der Waals surface area contributed by atoms with Crippen molar-refractivity contribution in [2.75, 3.05) is 6.54 Å². The first kappa shape index (κ1) is 16.8. The number of pyridine rings is 1. The molecular weight excluding hydrogens is 320 g/mol. The van der Waals surface area contributed by atoms with Crippen LogP contribution in [0.4, 0.5) is 0 Å². The third kappa shape index (κ3) is 3.28. The average Bonchev–Trinajstić information content (AvgIpc) is 3.05. The van der Waals surface area contributed by atoms with Crippen molar-refractivity contribution in [1.82, 2.24) is 9.38 Å². The highest BCUT2D eigenvalue weighted by molar-refractivity contribution is 5.89. The molecule has 5 N–H and O–H groups in total. The third-order valence-electron chi connectivity index (χ3n) is 3.99. The zero-order valence-corrected chi connectivity index (χ0v) is 13.4. The number of rotatable bonds is 6. The molecule has 0 saturated carbocycles. The summed E-state index contributed by atoms with van der Waals surface area (Å²) < 4.78 is 1.77. The Morgan fingerprint density at radius 3 is 2.76 bits per heavy atom. The van der Waals surface area contributed by atoms with Gasteiger partial charge in [-0.15, -0.1) is 0 Å². The fourth-order valence-electron chi connectivity index (χ4n) is 2.70. The van der Waals surface area contributed by atoms with E-state index in [4.69, 9.17) is 16.6 Å². The van der Waals surface area contributed by atoms with E-state index >= 15 is 0 Å². The number of ketones is 1. The number of fused-ring (bicyclic) bond motifs is 1. The topological polar surface area (TPSA) is 124 Å². The molecule has 7 heteroatoms. The van der Waals surface area contributed by atoms with E-state index in [-0.39, 0.29) is 24.3 Å². The van der Waals surface area contributed by atoms with Crippen molar-refractivity contribution in [2.24, 2.45) is 11.5 Å². The van der Waals surface area contributed by atoms with Crippen molar-refractivity contribution in [1.29, 1.82) is 0 Å². The minimum Gasteiger partial charge on any atom is -0.478 e. The van der Waals surface area contributed by atoms with E-state index in [1.807, 2.05) is 0 Å². The summed E-state index contributed by atoms with van der Waals surface area (Å²) in [6.07, 6.45) is 3.78. The number of carboxylic acid groups (broad SMARTS) is 1. The van der Waals surface area contributed by atoms with Crippen molar-refractivity contribution in [3.8, 4) is 11.3 Å². The Morgan fingerprint density at radius 1 is 1.24 bits per heavy atom. The predicted molar refractivity (Wildman–Crippen MR) is 93.2 cm³/mol. The number of Topliss-reactive ketones (excluding diaryl/α,β-unsaturated/α-hetero) is 1. The highest BCUT2D eigenvalue weighted by Crippen LogP contribution is 2.24. The lowest BCUT2D eigenvalue weighted by molar-refractivity contribution is -0.120. The van der Waals surface area contributed by atoms with Gasteiger partial charge in [0, 0.05) is 29.9 Å². The number of benzene rings is 1. The van der Waals surface area contributed by atoms with E-state index in [1.54, 1.807) is 47.1 Å². The molecule has 0 aliphatic rings. The Labute approximate surface area is 143 Å². The van der Waals surface area contributed by atoms with Gasteiger partial charge >= 0.3 is 5.97 Å². The van der Waals surface area contributed by atoms with Crippen LogP contribution in [0.25, 0.3) is 16.9 Å². The number of nitrogens with two attached hydrogens (primary N) is 2. The Bertz CT molecular complexity index is 948. The normalized spacial score (nSPS) is 12.2. The van der Waals surface area contributed by atoms with Crippen LogP contribution in [0.1, 0.15) is 28.4 Å². The number of carbonyl (C=O) groups is 2. The first-order valence-corrected chi connectivity index (χ1v) is 7.81. The number of hydrogen-bond acceptors (Lipinski definition) is 5. The Balaban J connectivity index is 2.06. The number of nitrogens with zero attached hydrogens (tertiary/aromatic N) is 2. The molecule has 2 aromatic heterocycles. The minimum absolute atomic E-state index is 0.145. The van der Waals surface area contributed by atoms with E-state index in [2.05, 4.69) is 4.98 Å². The maximum atomic E-state index is 12.1. The second-order valence-electron chi connectivity index (χ2n) is 5.69. The summed E-state index contributed by atoms with van der Waals surface area (Å²) in [7, 11) is 0. The number of hydrogen-bond donors (Lipinski definition) is 3. The molecule has 0 spiro atoms. The van der Waals surface area contributed by atoms with Crippen LogP contribution in [0.3, 0.4) is 0 Å². The summed E-state index contributed by atoms with van der Waals surface area (Å²) in [6.45, 7) is 0.247. The molecule has 0 radical (unpaired) electrons. The number of aromatic carboxylic acids is 1. The van der Waals surface area contributed by atoms with E-state index in [9.17, 15) is 9.59 Å². The van der Waals surface area contributed by atoms with Gasteiger partial charge in [-0.05, 0) is 24.7 Å². The van der Waals surface area contributed by atoms with E-state index in [0.717, 1.165) is 0 Å². The molecule has 0 aliphatic carbocycles. The van der Waals surface area contributed by atoms with E-state index in [0.29, 0.717) is 22.5 Å². The molecule has 7 nitrogen and oxygen atoms in total. The lowest BCUT2D eigenvalue weighted by Gasteiger charge is -2.11. The molecule has 1 atom stereocenters. The average molecular weight is 338 g/mol.